The third-order valence-electron chi connectivity index (χ3n) is 4.57. The molecule has 0 saturated carbocycles. The van der Waals surface area contributed by atoms with Gasteiger partial charge >= 0.3 is 0 Å². The third kappa shape index (κ3) is 5.29. The van der Waals surface area contributed by atoms with Crippen LogP contribution in [0, 0.1) is 25.7 Å². The van der Waals surface area contributed by atoms with E-state index in [1.165, 1.54) is 12.8 Å². The van der Waals surface area contributed by atoms with Crippen LogP contribution < -0.4 is 10.6 Å². The maximum atomic E-state index is 12.0. The van der Waals surface area contributed by atoms with Crippen LogP contribution in [-0.2, 0) is 11.2 Å². The van der Waals surface area contributed by atoms with Crippen molar-refractivity contribution in [3.63, 3.8) is 0 Å². The van der Waals surface area contributed by atoms with Crippen LogP contribution in [0.15, 0.2) is 4.52 Å². The van der Waals surface area contributed by atoms with Gasteiger partial charge in [-0.15, -0.1) is 12.4 Å². The third-order valence-corrected chi connectivity index (χ3v) is 4.57. The summed E-state index contributed by atoms with van der Waals surface area (Å²) in [6, 6.07) is 0. The van der Waals surface area contributed by atoms with Crippen LogP contribution in [0.1, 0.15) is 43.2 Å². The SMILES string of the molecule is Cc1noc(C)c1CCNC(=O)CC(C)C1CCNCC1.Cl. The molecule has 5 nitrogen and oxygen atoms in total. The van der Waals surface area contributed by atoms with Crippen molar-refractivity contribution in [2.45, 2.75) is 46.5 Å². The minimum absolute atomic E-state index is 0. The first kappa shape index (κ1) is 19.0. The van der Waals surface area contributed by atoms with E-state index in [-0.39, 0.29) is 18.3 Å². The highest BCUT2D eigenvalue weighted by Crippen LogP contribution is 2.24. The molecule has 1 aliphatic rings. The lowest BCUT2D eigenvalue weighted by Gasteiger charge is -2.27. The average Bonchev–Trinajstić information content (AvgIpc) is 2.80. The van der Waals surface area contributed by atoms with Gasteiger partial charge in [-0.3, -0.25) is 4.79 Å². The molecule has 1 aromatic heterocycles. The number of aromatic nitrogens is 1. The Morgan fingerprint density at radius 3 is 2.68 bits per heavy atom. The predicted molar refractivity (Wildman–Crippen MR) is 89.3 cm³/mol. The molecule has 126 valence electrons. The molecule has 2 rings (SSSR count). The number of nitrogens with zero attached hydrogens (tertiary/aromatic N) is 1. The van der Waals surface area contributed by atoms with Crippen molar-refractivity contribution in [2.24, 2.45) is 11.8 Å². The fraction of sp³-hybridized carbons (Fsp3) is 0.750. The maximum Gasteiger partial charge on any atom is 0.220 e. The molecule has 6 heteroatoms. The normalized spacial score (nSPS) is 16.9. The molecule has 1 aromatic rings. The van der Waals surface area contributed by atoms with Gasteiger partial charge in [0.15, 0.2) is 0 Å². The van der Waals surface area contributed by atoms with Crippen molar-refractivity contribution in [2.75, 3.05) is 19.6 Å². The Balaban J connectivity index is 0.00000242. The Bertz CT molecular complexity index is 450. The maximum absolute atomic E-state index is 12.0. The van der Waals surface area contributed by atoms with Crippen LogP contribution in [0.25, 0.3) is 0 Å². The minimum Gasteiger partial charge on any atom is -0.361 e. The average molecular weight is 330 g/mol. The number of rotatable bonds is 6. The number of piperidine rings is 1. The quantitative estimate of drug-likeness (QED) is 0.841. The molecule has 0 aromatic carbocycles. The molecule has 22 heavy (non-hydrogen) atoms. The van der Waals surface area contributed by atoms with Gasteiger partial charge in [-0.1, -0.05) is 12.1 Å². The topological polar surface area (TPSA) is 67.2 Å². The number of hydrogen-bond donors (Lipinski definition) is 2. The molecule has 1 fully saturated rings. The summed E-state index contributed by atoms with van der Waals surface area (Å²) in [4.78, 5) is 12.0. The van der Waals surface area contributed by atoms with Gasteiger partial charge < -0.3 is 15.2 Å². The number of hydrogen-bond acceptors (Lipinski definition) is 4. The zero-order valence-corrected chi connectivity index (χ0v) is 14.6. The number of amides is 1. The Hall–Kier alpha value is -1.07. The van der Waals surface area contributed by atoms with Crippen molar-refractivity contribution in [3.8, 4) is 0 Å². The monoisotopic (exact) mass is 329 g/mol. The van der Waals surface area contributed by atoms with E-state index < -0.39 is 0 Å². The first-order valence-corrected chi connectivity index (χ1v) is 7.97. The van der Waals surface area contributed by atoms with Crippen LogP contribution in [0.4, 0.5) is 0 Å². The van der Waals surface area contributed by atoms with E-state index in [0.717, 1.165) is 36.5 Å². The van der Waals surface area contributed by atoms with Gasteiger partial charge in [-0.25, -0.2) is 0 Å². The van der Waals surface area contributed by atoms with Crippen LogP contribution in [0.2, 0.25) is 0 Å². The standard InChI is InChI=1S/C16H27N3O2.ClH/c1-11(14-4-7-17-8-5-14)10-16(20)18-9-6-15-12(2)19-21-13(15)3;/h11,14,17H,4-10H2,1-3H3,(H,18,20);1H. The smallest absolute Gasteiger partial charge is 0.220 e. The molecule has 2 heterocycles. The first-order chi connectivity index (χ1) is 10.1. The lowest BCUT2D eigenvalue weighted by molar-refractivity contribution is -0.122. The summed E-state index contributed by atoms with van der Waals surface area (Å²) in [5.74, 6) is 2.16. The summed E-state index contributed by atoms with van der Waals surface area (Å²) in [5.41, 5.74) is 2.03. The molecule has 0 spiro atoms. The second-order valence-corrected chi connectivity index (χ2v) is 6.17. The molecule has 1 saturated heterocycles. The van der Waals surface area contributed by atoms with Gasteiger partial charge in [0.2, 0.25) is 5.91 Å². The van der Waals surface area contributed by atoms with E-state index in [1.807, 2.05) is 13.8 Å². The van der Waals surface area contributed by atoms with E-state index in [2.05, 4.69) is 22.7 Å². The van der Waals surface area contributed by atoms with Gasteiger partial charge in [0.1, 0.15) is 5.76 Å². The highest BCUT2D eigenvalue weighted by atomic mass is 35.5. The summed E-state index contributed by atoms with van der Waals surface area (Å²) in [6.07, 6.45) is 3.79. The van der Waals surface area contributed by atoms with E-state index in [4.69, 9.17) is 4.52 Å². The highest BCUT2D eigenvalue weighted by Gasteiger charge is 2.21. The molecular formula is C16H28ClN3O2. The summed E-state index contributed by atoms with van der Waals surface area (Å²) in [6.45, 7) is 8.87. The zero-order valence-electron chi connectivity index (χ0n) is 13.8. The van der Waals surface area contributed by atoms with Crippen LogP contribution in [0.3, 0.4) is 0 Å². The van der Waals surface area contributed by atoms with E-state index in [1.54, 1.807) is 0 Å². The number of nitrogens with one attached hydrogen (secondary N) is 2. The molecule has 0 radical (unpaired) electrons. The molecule has 0 bridgehead atoms. The van der Waals surface area contributed by atoms with Gasteiger partial charge in [0.05, 0.1) is 5.69 Å². The van der Waals surface area contributed by atoms with Crippen LogP contribution >= 0.6 is 12.4 Å². The van der Waals surface area contributed by atoms with Crippen molar-refractivity contribution < 1.29 is 9.32 Å². The van der Waals surface area contributed by atoms with Crippen molar-refractivity contribution in [1.82, 2.24) is 15.8 Å². The van der Waals surface area contributed by atoms with Crippen molar-refractivity contribution in [1.29, 1.82) is 0 Å². The second-order valence-electron chi connectivity index (χ2n) is 6.17. The fourth-order valence-corrected chi connectivity index (χ4v) is 3.13. The molecule has 0 aliphatic carbocycles. The molecular weight excluding hydrogens is 302 g/mol. The van der Waals surface area contributed by atoms with E-state index in [9.17, 15) is 4.79 Å². The zero-order chi connectivity index (χ0) is 15.2. The molecule has 1 atom stereocenters. The van der Waals surface area contributed by atoms with E-state index in [0.29, 0.717) is 24.8 Å². The van der Waals surface area contributed by atoms with Gasteiger partial charge in [0, 0.05) is 18.5 Å². The minimum atomic E-state index is 0. The highest BCUT2D eigenvalue weighted by molar-refractivity contribution is 5.85. The lowest BCUT2D eigenvalue weighted by atomic mass is 9.84. The molecule has 1 unspecified atom stereocenters. The fourth-order valence-electron chi connectivity index (χ4n) is 3.13. The number of carbonyl (C=O) groups excluding carboxylic acids is 1. The second kappa shape index (κ2) is 9.16. The van der Waals surface area contributed by atoms with Gasteiger partial charge in [-0.05, 0) is 58.0 Å². The van der Waals surface area contributed by atoms with Crippen molar-refractivity contribution in [3.05, 3.63) is 17.0 Å². The molecule has 1 amide bonds. The van der Waals surface area contributed by atoms with Crippen LogP contribution in [-0.4, -0.2) is 30.7 Å². The first-order valence-electron chi connectivity index (χ1n) is 7.97. The Labute approximate surface area is 139 Å². The largest absolute Gasteiger partial charge is 0.361 e. The summed E-state index contributed by atoms with van der Waals surface area (Å²) in [5, 5.41) is 10.3. The van der Waals surface area contributed by atoms with Gasteiger partial charge in [-0.2, -0.15) is 0 Å². The number of halogens is 1. The Kier molecular flexibility index (Phi) is 7.90. The van der Waals surface area contributed by atoms with Gasteiger partial charge in [0.25, 0.3) is 0 Å². The lowest BCUT2D eigenvalue weighted by Crippen LogP contribution is -2.34. The summed E-state index contributed by atoms with van der Waals surface area (Å²) < 4.78 is 5.13. The summed E-state index contributed by atoms with van der Waals surface area (Å²) in [7, 11) is 0. The number of aryl methyl sites for hydroxylation is 2. The Morgan fingerprint density at radius 1 is 1.41 bits per heavy atom. The summed E-state index contributed by atoms with van der Waals surface area (Å²) >= 11 is 0. The predicted octanol–water partition coefficient (Wildman–Crippen LogP) is 2.40. The number of carbonyl (C=O) groups is 1. The van der Waals surface area contributed by atoms with Crippen molar-refractivity contribution >= 4 is 18.3 Å². The van der Waals surface area contributed by atoms with E-state index >= 15 is 0 Å². The Morgan fingerprint density at radius 2 is 2.09 bits per heavy atom. The van der Waals surface area contributed by atoms with Crippen LogP contribution in [0.5, 0.6) is 0 Å². The molecule has 2 N–H and O–H groups in total. The molecule has 1 aliphatic heterocycles.